The standard InChI is InChI=1S/C13H16O2/c1-2-13(14)11-15-10-6-9-12-7-4-3-5-8-12/h3-9H,2,10-11H2,1H3. The van der Waals surface area contributed by atoms with Gasteiger partial charge in [0.25, 0.3) is 0 Å². The van der Waals surface area contributed by atoms with Crippen molar-refractivity contribution in [1.29, 1.82) is 0 Å². The first-order valence-electron chi connectivity index (χ1n) is 5.14. The van der Waals surface area contributed by atoms with Crippen LogP contribution in [-0.2, 0) is 9.53 Å². The molecule has 2 nitrogen and oxygen atoms in total. The Labute approximate surface area is 90.6 Å². The van der Waals surface area contributed by atoms with Crippen LogP contribution in [0.2, 0.25) is 0 Å². The number of hydrogen-bond acceptors (Lipinski definition) is 2. The highest BCUT2D eigenvalue weighted by molar-refractivity contribution is 5.79. The maximum absolute atomic E-state index is 10.9. The zero-order chi connectivity index (χ0) is 10.9. The van der Waals surface area contributed by atoms with Crippen molar-refractivity contribution in [2.24, 2.45) is 0 Å². The van der Waals surface area contributed by atoms with Gasteiger partial charge in [0.2, 0.25) is 0 Å². The summed E-state index contributed by atoms with van der Waals surface area (Å²) in [5.74, 6) is 0.142. The molecule has 0 saturated heterocycles. The molecule has 0 amide bonds. The molecule has 0 aliphatic rings. The van der Waals surface area contributed by atoms with E-state index in [1.54, 1.807) is 0 Å². The van der Waals surface area contributed by atoms with Crippen LogP contribution in [0.3, 0.4) is 0 Å². The van der Waals surface area contributed by atoms with E-state index in [1.807, 2.05) is 49.4 Å². The fourth-order valence-corrected chi connectivity index (χ4v) is 1.09. The van der Waals surface area contributed by atoms with E-state index in [1.165, 1.54) is 0 Å². The molecule has 1 aromatic rings. The number of ether oxygens (including phenoxy) is 1. The minimum atomic E-state index is 0.142. The van der Waals surface area contributed by atoms with Crippen LogP contribution in [0.4, 0.5) is 0 Å². The second kappa shape index (κ2) is 6.96. The topological polar surface area (TPSA) is 26.3 Å². The summed E-state index contributed by atoms with van der Waals surface area (Å²) >= 11 is 0. The van der Waals surface area contributed by atoms with E-state index >= 15 is 0 Å². The molecule has 0 aromatic heterocycles. The molecular formula is C13H16O2. The third-order valence-electron chi connectivity index (χ3n) is 1.98. The molecule has 1 aromatic carbocycles. The van der Waals surface area contributed by atoms with Crippen molar-refractivity contribution in [2.45, 2.75) is 13.3 Å². The third kappa shape index (κ3) is 5.13. The molecule has 0 aliphatic heterocycles. The molecule has 0 heterocycles. The number of carbonyl (C=O) groups excluding carboxylic acids is 1. The average Bonchev–Trinajstić information content (AvgIpc) is 2.29. The van der Waals surface area contributed by atoms with Gasteiger partial charge < -0.3 is 4.74 Å². The lowest BCUT2D eigenvalue weighted by Crippen LogP contribution is -2.06. The van der Waals surface area contributed by atoms with Crippen molar-refractivity contribution in [3.8, 4) is 0 Å². The molecule has 0 bridgehead atoms. The van der Waals surface area contributed by atoms with Crippen molar-refractivity contribution in [1.82, 2.24) is 0 Å². The Balaban J connectivity index is 2.20. The maximum Gasteiger partial charge on any atom is 0.158 e. The zero-order valence-corrected chi connectivity index (χ0v) is 8.98. The lowest BCUT2D eigenvalue weighted by Gasteiger charge is -1.97. The van der Waals surface area contributed by atoms with Crippen LogP contribution in [0.15, 0.2) is 36.4 Å². The molecule has 0 N–H and O–H groups in total. The van der Waals surface area contributed by atoms with E-state index in [0.29, 0.717) is 13.0 Å². The van der Waals surface area contributed by atoms with E-state index < -0.39 is 0 Å². The molecule has 2 heteroatoms. The Morgan fingerprint density at radius 2 is 2.07 bits per heavy atom. The molecule has 0 saturated carbocycles. The Bertz CT molecular complexity index is 315. The van der Waals surface area contributed by atoms with Gasteiger partial charge >= 0.3 is 0 Å². The molecular weight excluding hydrogens is 188 g/mol. The minimum absolute atomic E-state index is 0.142. The predicted molar refractivity (Wildman–Crippen MR) is 61.6 cm³/mol. The second-order valence-corrected chi connectivity index (χ2v) is 3.22. The van der Waals surface area contributed by atoms with Crippen LogP contribution in [0, 0.1) is 0 Å². The van der Waals surface area contributed by atoms with Crippen LogP contribution in [0.1, 0.15) is 18.9 Å². The summed E-state index contributed by atoms with van der Waals surface area (Å²) in [5, 5.41) is 0. The molecule has 1 rings (SSSR count). The van der Waals surface area contributed by atoms with Crippen LogP contribution in [-0.4, -0.2) is 19.0 Å². The molecule has 0 radical (unpaired) electrons. The first-order valence-corrected chi connectivity index (χ1v) is 5.14. The fourth-order valence-electron chi connectivity index (χ4n) is 1.09. The highest BCUT2D eigenvalue weighted by atomic mass is 16.5. The lowest BCUT2D eigenvalue weighted by molar-refractivity contribution is -0.122. The number of carbonyl (C=O) groups is 1. The average molecular weight is 204 g/mol. The summed E-state index contributed by atoms with van der Waals surface area (Å²) in [6, 6.07) is 10.00. The molecule has 0 aliphatic carbocycles. The predicted octanol–water partition coefficient (Wildman–Crippen LogP) is 2.70. The minimum Gasteiger partial charge on any atom is -0.370 e. The maximum atomic E-state index is 10.9. The van der Waals surface area contributed by atoms with E-state index in [9.17, 15) is 4.79 Å². The van der Waals surface area contributed by atoms with Gasteiger partial charge in [0.1, 0.15) is 6.61 Å². The van der Waals surface area contributed by atoms with Crippen molar-refractivity contribution in [3.05, 3.63) is 42.0 Å². The number of hydrogen-bond donors (Lipinski definition) is 0. The van der Waals surface area contributed by atoms with Gasteiger partial charge in [0.15, 0.2) is 5.78 Å². The first-order chi connectivity index (χ1) is 7.33. The summed E-state index contributed by atoms with van der Waals surface area (Å²) < 4.78 is 5.17. The summed E-state index contributed by atoms with van der Waals surface area (Å²) in [4.78, 5) is 10.9. The van der Waals surface area contributed by atoms with Gasteiger partial charge in [-0.25, -0.2) is 0 Å². The van der Waals surface area contributed by atoms with Gasteiger partial charge in [-0.1, -0.05) is 49.4 Å². The fraction of sp³-hybridized carbons (Fsp3) is 0.308. The number of ketones is 1. The second-order valence-electron chi connectivity index (χ2n) is 3.22. The van der Waals surface area contributed by atoms with Gasteiger partial charge in [-0.15, -0.1) is 0 Å². The first kappa shape index (κ1) is 11.7. The largest absolute Gasteiger partial charge is 0.370 e. The zero-order valence-electron chi connectivity index (χ0n) is 8.98. The Kier molecular flexibility index (Phi) is 5.41. The molecule has 0 fully saturated rings. The molecule has 0 spiro atoms. The molecule has 80 valence electrons. The molecule has 0 unspecified atom stereocenters. The summed E-state index contributed by atoms with van der Waals surface area (Å²) in [5.41, 5.74) is 1.14. The van der Waals surface area contributed by atoms with Gasteiger partial charge in [-0.2, -0.15) is 0 Å². The smallest absolute Gasteiger partial charge is 0.158 e. The highest BCUT2D eigenvalue weighted by Crippen LogP contribution is 2.00. The molecule has 0 atom stereocenters. The number of rotatable bonds is 6. The summed E-state index contributed by atoms with van der Waals surface area (Å²) in [6.45, 7) is 2.54. The monoisotopic (exact) mass is 204 g/mol. The van der Waals surface area contributed by atoms with Crippen LogP contribution >= 0.6 is 0 Å². The highest BCUT2D eigenvalue weighted by Gasteiger charge is 1.95. The van der Waals surface area contributed by atoms with E-state index in [-0.39, 0.29) is 12.4 Å². The SMILES string of the molecule is CCC(=O)COCC=Cc1ccccc1. The number of benzene rings is 1. The Morgan fingerprint density at radius 1 is 1.33 bits per heavy atom. The number of Topliss-reactive ketones (excluding diaryl/α,β-unsaturated/α-hetero) is 1. The lowest BCUT2D eigenvalue weighted by atomic mass is 10.2. The van der Waals surface area contributed by atoms with Crippen LogP contribution < -0.4 is 0 Å². The van der Waals surface area contributed by atoms with Gasteiger partial charge in [0, 0.05) is 6.42 Å². The van der Waals surface area contributed by atoms with Crippen LogP contribution in [0.25, 0.3) is 6.08 Å². The normalized spacial score (nSPS) is 10.7. The summed E-state index contributed by atoms with van der Waals surface area (Å²) in [6.07, 6.45) is 4.44. The third-order valence-corrected chi connectivity index (χ3v) is 1.98. The van der Waals surface area contributed by atoms with Crippen molar-refractivity contribution >= 4 is 11.9 Å². The van der Waals surface area contributed by atoms with Crippen molar-refractivity contribution in [2.75, 3.05) is 13.2 Å². The van der Waals surface area contributed by atoms with Gasteiger partial charge in [-0.05, 0) is 5.56 Å². The van der Waals surface area contributed by atoms with Crippen molar-refractivity contribution in [3.63, 3.8) is 0 Å². The molecule has 15 heavy (non-hydrogen) atoms. The van der Waals surface area contributed by atoms with E-state index in [2.05, 4.69) is 0 Å². The van der Waals surface area contributed by atoms with Crippen LogP contribution in [0.5, 0.6) is 0 Å². The van der Waals surface area contributed by atoms with Crippen molar-refractivity contribution < 1.29 is 9.53 Å². The summed E-state index contributed by atoms with van der Waals surface area (Å²) in [7, 11) is 0. The quantitative estimate of drug-likeness (QED) is 0.666. The van der Waals surface area contributed by atoms with Gasteiger partial charge in [0.05, 0.1) is 6.61 Å². The van der Waals surface area contributed by atoms with E-state index in [0.717, 1.165) is 5.56 Å². The Hall–Kier alpha value is -1.41. The Morgan fingerprint density at radius 3 is 2.73 bits per heavy atom. The van der Waals surface area contributed by atoms with Gasteiger partial charge in [-0.3, -0.25) is 4.79 Å². The van der Waals surface area contributed by atoms with E-state index in [4.69, 9.17) is 4.74 Å².